The molecular weight excluding hydrogens is 324 g/mol. The van der Waals surface area contributed by atoms with E-state index in [4.69, 9.17) is 0 Å². The molecule has 156 valence electrons. The molecule has 27 heavy (non-hydrogen) atoms. The Labute approximate surface area is 171 Å². The molecular formula is C27H48. The molecule has 1 saturated carbocycles. The van der Waals surface area contributed by atoms with Gasteiger partial charge in [-0.2, -0.15) is 0 Å². The van der Waals surface area contributed by atoms with E-state index in [1.165, 1.54) is 34.2 Å². The third kappa shape index (κ3) is 4.99. The van der Waals surface area contributed by atoms with Crippen LogP contribution in [-0.4, -0.2) is 0 Å². The Hall–Kier alpha value is -0.780. The molecule has 0 nitrogen and oxygen atoms in total. The van der Waals surface area contributed by atoms with Crippen LogP contribution in [0.5, 0.6) is 0 Å². The Morgan fingerprint density at radius 2 is 1.33 bits per heavy atom. The van der Waals surface area contributed by atoms with E-state index in [-0.39, 0.29) is 0 Å². The zero-order valence-corrected chi connectivity index (χ0v) is 20.7. The Morgan fingerprint density at radius 3 is 1.78 bits per heavy atom. The molecule has 0 aromatic heterocycles. The first-order valence-electron chi connectivity index (χ1n) is 11.3. The van der Waals surface area contributed by atoms with Crippen LogP contribution in [0.2, 0.25) is 0 Å². The zero-order valence-electron chi connectivity index (χ0n) is 20.7. The Kier molecular flexibility index (Phi) is 8.22. The number of benzene rings is 1. The lowest BCUT2D eigenvalue weighted by atomic mass is 9.53. The highest BCUT2D eigenvalue weighted by atomic mass is 14.5. The van der Waals surface area contributed by atoms with Gasteiger partial charge in [-0.15, -0.1) is 0 Å². The lowest BCUT2D eigenvalue weighted by Gasteiger charge is -2.52. The zero-order chi connectivity index (χ0) is 21.3. The van der Waals surface area contributed by atoms with Crippen LogP contribution >= 0.6 is 0 Å². The summed E-state index contributed by atoms with van der Waals surface area (Å²) in [6.45, 7) is 30.5. The first kappa shape index (κ1) is 24.3. The summed E-state index contributed by atoms with van der Waals surface area (Å²) >= 11 is 0. The lowest BCUT2D eigenvalue weighted by molar-refractivity contribution is -0.0278. The Balaban J connectivity index is 0.000000271. The minimum Gasteiger partial charge on any atom is -0.0622 e. The minimum atomic E-state index is 0.561. The molecule has 5 atom stereocenters. The van der Waals surface area contributed by atoms with Gasteiger partial charge in [-0.3, -0.25) is 0 Å². The average molecular weight is 373 g/mol. The van der Waals surface area contributed by atoms with E-state index >= 15 is 0 Å². The van der Waals surface area contributed by atoms with Crippen molar-refractivity contribution in [3.8, 4) is 0 Å². The minimum absolute atomic E-state index is 0.561. The van der Waals surface area contributed by atoms with Crippen LogP contribution in [0.1, 0.15) is 102 Å². The summed E-state index contributed by atoms with van der Waals surface area (Å²) in [5.74, 6) is 5.00. The lowest BCUT2D eigenvalue weighted by Crippen LogP contribution is -2.44. The number of rotatable bonds is 2. The van der Waals surface area contributed by atoms with Gasteiger partial charge < -0.3 is 0 Å². The van der Waals surface area contributed by atoms with Crippen molar-refractivity contribution >= 4 is 0 Å². The van der Waals surface area contributed by atoms with E-state index < -0.39 is 0 Å². The van der Waals surface area contributed by atoms with Gasteiger partial charge in [0, 0.05) is 0 Å². The average Bonchev–Trinajstić information content (AvgIpc) is 2.59. The molecule has 0 amide bonds. The fourth-order valence-electron chi connectivity index (χ4n) is 5.24. The molecule has 1 aliphatic rings. The van der Waals surface area contributed by atoms with Gasteiger partial charge in [0.2, 0.25) is 0 Å². The van der Waals surface area contributed by atoms with Crippen LogP contribution in [0.4, 0.5) is 0 Å². The number of hydrogen-bond donors (Lipinski definition) is 0. The van der Waals surface area contributed by atoms with Crippen LogP contribution in [0.3, 0.4) is 0 Å². The van der Waals surface area contributed by atoms with Crippen molar-refractivity contribution in [1.29, 1.82) is 0 Å². The normalized spacial score (nSPS) is 31.1. The van der Waals surface area contributed by atoms with Crippen molar-refractivity contribution in [3.63, 3.8) is 0 Å². The van der Waals surface area contributed by atoms with Gasteiger partial charge in [0.1, 0.15) is 0 Å². The molecule has 1 aliphatic carbocycles. The maximum Gasteiger partial charge on any atom is -0.0216 e. The molecule has 1 aromatic carbocycles. The topological polar surface area (TPSA) is 0 Å². The summed E-state index contributed by atoms with van der Waals surface area (Å²) in [6.07, 6.45) is 1.41. The van der Waals surface area contributed by atoms with Gasteiger partial charge in [-0.1, -0.05) is 68.4 Å². The van der Waals surface area contributed by atoms with Crippen molar-refractivity contribution in [1.82, 2.24) is 0 Å². The molecule has 0 heterocycles. The highest BCUT2D eigenvalue weighted by Gasteiger charge is 2.45. The van der Waals surface area contributed by atoms with E-state index in [0.717, 1.165) is 29.6 Å². The van der Waals surface area contributed by atoms with Crippen LogP contribution in [-0.2, 0) is 0 Å². The smallest absolute Gasteiger partial charge is 0.0216 e. The fraction of sp³-hybridized carbons (Fsp3) is 0.778. The quantitative estimate of drug-likeness (QED) is 0.487. The van der Waals surface area contributed by atoms with Crippen LogP contribution in [0.25, 0.3) is 0 Å². The summed E-state index contributed by atoms with van der Waals surface area (Å²) < 4.78 is 0. The molecule has 0 bridgehead atoms. The van der Waals surface area contributed by atoms with E-state index in [0.29, 0.717) is 11.3 Å². The van der Waals surface area contributed by atoms with E-state index in [2.05, 4.69) is 96.1 Å². The van der Waals surface area contributed by atoms with E-state index in [1.54, 1.807) is 0 Å². The van der Waals surface area contributed by atoms with Gasteiger partial charge in [-0.25, -0.2) is 0 Å². The standard InChI is InChI=1S/C14H28.C13H20/c1-9(2)14(7)8-10(3)11(4)12(5)13(14)6;1-8(2)13-7-9(3)10(4)11(5)12(13)6/h9-13H,8H2,1-7H3;7-8H,1-6H3. The van der Waals surface area contributed by atoms with Crippen molar-refractivity contribution in [2.24, 2.45) is 35.0 Å². The fourth-order valence-corrected chi connectivity index (χ4v) is 5.24. The summed E-state index contributed by atoms with van der Waals surface area (Å²) in [4.78, 5) is 0. The molecule has 2 rings (SSSR count). The molecule has 0 N–H and O–H groups in total. The number of aryl methyl sites for hydroxylation is 1. The second-order valence-electron chi connectivity index (χ2n) is 10.7. The Bertz CT molecular complexity index is 621. The molecule has 0 saturated heterocycles. The molecule has 5 unspecified atom stereocenters. The summed E-state index contributed by atoms with van der Waals surface area (Å²) in [7, 11) is 0. The van der Waals surface area contributed by atoms with Crippen molar-refractivity contribution < 1.29 is 0 Å². The van der Waals surface area contributed by atoms with Gasteiger partial charge in [0.15, 0.2) is 0 Å². The first-order valence-corrected chi connectivity index (χ1v) is 11.3. The highest BCUT2D eigenvalue weighted by Crippen LogP contribution is 2.52. The molecule has 0 heteroatoms. The van der Waals surface area contributed by atoms with Crippen molar-refractivity contribution in [2.75, 3.05) is 0 Å². The maximum absolute atomic E-state index is 2.50. The van der Waals surface area contributed by atoms with Gasteiger partial charge in [0.25, 0.3) is 0 Å². The third-order valence-corrected chi connectivity index (χ3v) is 8.78. The second-order valence-corrected chi connectivity index (χ2v) is 10.7. The van der Waals surface area contributed by atoms with Crippen LogP contribution in [0.15, 0.2) is 6.07 Å². The summed E-state index contributed by atoms with van der Waals surface area (Å²) in [6, 6.07) is 2.34. The van der Waals surface area contributed by atoms with Crippen LogP contribution < -0.4 is 0 Å². The highest BCUT2D eigenvalue weighted by molar-refractivity contribution is 5.44. The third-order valence-electron chi connectivity index (χ3n) is 8.78. The largest absolute Gasteiger partial charge is 0.0622 e. The predicted molar refractivity (Wildman–Crippen MR) is 124 cm³/mol. The first-order chi connectivity index (χ1) is 12.3. The Morgan fingerprint density at radius 1 is 0.815 bits per heavy atom. The second kappa shape index (κ2) is 9.15. The molecule has 0 radical (unpaired) electrons. The van der Waals surface area contributed by atoms with Gasteiger partial charge in [-0.05, 0) is 103 Å². The molecule has 1 aromatic rings. The van der Waals surface area contributed by atoms with Crippen LogP contribution in [0, 0.1) is 62.7 Å². The van der Waals surface area contributed by atoms with Gasteiger partial charge in [0.05, 0.1) is 0 Å². The predicted octanol–water partition coefficient (Wildman–Crippen LogP) is 8.64. The maximum atomic E-state index is 2.50. The molecule has 0 aliphatic heterocycles. The van der Waals surface area contributed by atoms with Crippen molar-refractivity contribution in [2.45, 2.75) is 102 Å². The summed E-state index contributed by atoms with van der Waals surface area (Å²) in [5, 5.41) is 0. The molecule has 0 spiro atoms. The summed E-state index contributed by atoms with van der Waals surface area (Å²) in [5.41, 5.74) is 7.86. The van der Waals surface area contributed by atoms with Gasteiger partial charge >= 0.3 is 0 Å². The number of hydrogen-bond acceptors (Lipinski definition) is 0. The van der Waals surface area contributed by atoms with E-state index in [9.17, 15) is 0 Å². The van der Waals surface area contributed by atoms with E-state index in [1.807, 2.05) is 0 Å². The molecule has 1 fully saturated rings. The monoisotopic (exact) mass is 372 g/mol. The SMILES string of the molecule is CC1CC(C)(C(C)C)C(C)C(C)C1C.Cc1cc(C(C)C)c(C)c(C)c1C. The van der Waals surface area contributed by atoms with Crippen molar-refractivity contribution in [3.05, 3.63) is 33.9 Å².